The van der Waals surface area contributed by atoms with Gasteiger partial charge in [0.05, 0.1) is 6.54 Å². The number of amides is 1. The largest absolute Gasteiger partial charge is 0.492 e. The maximum absolute atomic E-state index is 12.1. The van der Waals surface area contributed by atoms with Crippen LogP contribution in [-0.4, -0.2) is 32.4 Å². The van der Waals surface area contributed by atoms with E-state index in [-0.39, 0.29) is 31.0 Å². The molecule has 1 aliphatic heterocycles. The van der Waals surface area contributed by atoms with E-state index in [4.69, 9.17) is 19.9 Å². The second-order valence-electron chi connectivity index (χ2n) is 5.69. The van der Waals surface area contributed by atoms with Gasteiger partial charge in [-0.25, -0.2) is 0 Å². The van der Waals surface area contributed by atoms with E-state index in [9.17, 15) is 4.79 Å². The Morgan fingerprint density at radius 3 is 2.96 bits per heavy atom. The van der Waals surface area contributed by atoms with E-state index in [0.717, 1.165) is 25.0 Å². The number of benzene rings is 1. The lowest BCUT2D eigenvalue weighted by Crippen LogP contribution is -2.37. The van der Waals surface area contributed by atoms with Gasteiger partial charge in [-0.05, 0) is 37.4 Å². The van der Waals surface area contributed by atoms with Gasteiger partial charge in [-0.15, -0.1) is 12.4 Å². The molecule has 3 rings (SSSR count). The summed E-state index contributed by atoms with van der Waals surface area (Å²) in [6, 6.07) is 5.45. The number of carbonyl (C=O) groups excluding carboxylic acids is 1. The zero-order valence-corrected chi connectivity index (χ0v) is 13.8. The first-order valence-corrected chi connectivity index (χ1v) is 7.78. The van der Waals surface area contributed by atoms with Crippen molar-refractivity contribution in [2.45, 2.75) is 19.3 Å². The number of ether oxygens (including phenoxy) is 3. The molecule has 1 fully saturated rings. The lowest BCUT2D eigenvalue weighted by molar-refractivity contribution is -0.126. The third kappa shape index (κ3) is 4.20. The van der Waals surface area contributed by atoms with Crippen LogP contribution in [0.3, 0.4) is 0 Å². The summed E-state index contributed by atoms with van der Waals surface area (Å²) in [5, 5.41) is 2.94. The Kier molecular flexibility index (Phi) is 6.36. The molecule has 1 saturated carbocycles. The molecule has 0 saturated heterocycles. The van der Waals surface area contributed by atoms with Crippen LogP contribution in [-0.2, 0) is 4.79 Å². The fraction of sp³-hybridized carbons (Fsp3) is 0.562. The van der Waals surface area contributed by atoms with Gasteiger partial charge in [-0.3, -0.25) is 4.79 Å². The summed E-state index contributed by atoms with van der Waals surface area (Å²) in [6.07, 6.45) is 3.09. The van der Waals surface area contributed by atoms with Crippen LogP contribution in [0.2, 0.25) is 0 Å². The molecule has 0 radical (unpaired) electrons. The highest BCUT2D eigenvalue weighted by Crippen LogP contribution is 2.35. The smallest absolute Gasteiger partial charge is 0.231 e. The van der Waals surface area contributed by atoms with Crippen molar-refractivity contribution in [2.24, 2.45) is 17.6 Å². The molecule has 0 spiro atoms. The molecular weight excluding hydrogens is 320 g/mol. The van der Waals surface area contributed by atoms with E-state index in [1.807, 2.05) is 12.1 Å². The Bertz CT molecular complexity index is 541. The van der Waals surface area contributed by atoms with Gasteiger partial charge in [0, 0.05) is 12.0 Å². The predicted molar refractivity (Wildman–Crippen MR) is 88.2 cm³/mol. The Balaban J connectivity index is 0.00000192. The number of hydrogen-bond donors (Lipinski definition) is 2. The molecule has 23 heavy (non-hydrogen) atoms. The van der Waals surface area contributed by atoms with Crippen LogP contribution >= 0.6 is 12.4 Å². The van der Waals surface area contributed by atoms with E-state index in [0.29, 0.717) is 37.1 Å². The summed E-state index contributed by atoms with van der Waals surface area (Å²) in [7, 11) is 0. The van der Waals surface area contributed by atoms with Crippen molar-refractivity contribution in [3.63, 3.8) is 0 Å². The van der Waals surface area contributed by atoms with Crippen LogP contribution in [0.1, 0.15) is 19.3 Å². The van der Waals surface area contributed by atoms with Crippen LogP contribution in [0.15, 0.2) is 18.2 Å². The quantitative estimate of drug-likeness (QED) is 0.769. The summed E-state index contributed by atoms with van der Waals surface area (Å²) >= 11 is 0. The maximum atomic E-state index is 12.1. The maximum Gasteiger partial charge on any atom is 0.231 e. The number of halogens is 1. The third-order valence-corrected chi connectivity index (χ3v) is 4.31. The van der Waals surface area contributed by atoms with Gasteiger partial charge >= 0.3 is 0 Å². The number of nitrogens with one attached hydrogen (secondary N) is 1. The van der Waals surface area contributed by atoms with Crippen molar-refractivity contribution in [2.75, 3.05) is 26.5 Å². The Hall–Kier alpha value is -1.66. The van der Waals surface area contributed by atoms with Gasteiger partial charge in [0.2, 0.25) is 12.7 Å². The molecule has 2 aliphatic rings. The third-order valence-electron chi connectivity index (χ3n) is 4.31. The van der Waals surface area contributed by atoms with Crippen LogP contribution < -0.4 is 25.3 Å². The van der Waals surface area contributed by atoms with E-state index < -0.39 is 0 Å². The van der Waals surface area contributed by atoms with Crippen molar-refractivity contribution in [1.82, 2.24) is 5.32 Å². The highest BCUT2D eigenvalue weighted by atomic mass is 35.5. The fourth-order valence-corrected chi connectivity index (χ4v) is 3.10. The average molecular weight is 343 g/mol. The molecule has 7 heteroatoms. The van der Waals surface area contributed by atoms with Crippen molar-refractivity contribution in [1.29, 1.82) is 0 Å². The van der Waals surface area contributed by atoms with Gasteiger partial charge in [-0.1, -0.05) is 6.42 Å². The van der Waals surface area contributed by atoms with Crippen molar-refractivity contribution in [3.8, 4) is 17.2 Å². The van der Waals surface area contributed by atoms with Gasteiger partial charge in [0.25, 0.3) is 0 Å². The number of hydrogen-bond acceptors (Lipinski definition) is 5. The normalized spacial score (nSPS) is 21.6. The van der Waals surface area contributed by atoms with Crippen LogP contribution in [0.4, 0.5) is 0 Å². The molecule has 128 valence electrons. The summed E-state index contributed by atoms with van der Waals surface area (Å²) in [4.78, 5) is 12.1. The Morgan fingerprint density at radius 1 is 1.30 bits per heavy atom. The predicted octanol–water partition coefficient (Wildman–Crippen LogP) is 1.71. The standard InChI is InChI=1S/C16H22N2O4.ClH/c17-9-11-2-1-3-13(11)16(19)18-6-7-20-12-4-5-14-15(8-12)22-10-21-14;/h4-5,8,11,13H,1-3,6-7,9-10,17H2,(H,18,19);1H/t11-,13-;/m1./s1. The minimum atomic E-state index is 0. The number of rotatable bonds is 6. The summed E-state index contributed by atoms with van der Waals surface area (Å²) in [5.41, 5.74) is 5.71. The Morgan fingerprint density at radius 2 is 2.13 bits per heavy atom. The molecule has 6 nitrogen and oxygen atoms in total. The lowest BCUT2D eigenvalue weighted by Gasteiger charge is -2.17. The van der Waals surface area contributed by atoms with Gasteiger partial charge in [0.15, 0.2) is 11.5 Å². The average Bonchev–Trinajstić information content (AvgIpc) is 3.19. The van der Waals surface area contributed by atoms with Crippen LogP contribution in [0.25, 0.3) is 0 Å². The first kappa shape index (κ1) is 17.7. The molecule has 0 unspecified atom stereocenters. The van der Waals surface area contributed by atoms with E-state index >= 15 is 0 Å². The van der Waals surface area contributed by atoms with Gasteiger partial charge < -0.3 is 25.3 Å². The first-order chi connectivity index (χ1) is 10.8. The van der Waals surface area contributed by atoms with Gasteiger partial charge in [-0.2, -0.15) is 0 Å². The van der Waals surface area contributed by atoms with Crippen molar-refractivity contribution < 1.29 is 19.0 Å². The SMILES string of the molecule is Cl.NC[C@H]1CCC[C@H]1C(=O)NCCOc1ccc2c(c1)OCO2. The molecule has 3 N–H and O–H groups in total. The zero-order valence-electron chi connectivity index (χ0n) is 13.0. The van der Waals surface area contributed by atoms with Crippen LogP contribution in [0, 0.1) is 11.8 Å². The van der Waals surface area contributed by atoms with E-state index in [1.165, 1.54) is 0 Å². The molecule has 1 amide bonds. The molecular formula is C16H23ClN2O4. The number of nitrogens with two attached hydrogens (primary N) is 1. The molecule has 1 aliphatic carbocycles. The molecule has 1 aromatic carbocycles. The Labute approximate surface area is 142 Å². The highest BCUT2D eigenvalue weighted by Gasteiger charge is 2.31. The van der Waals surface area contributed by atoms with Crippen molar-refractivity contribution >= 4 is 18.3 Å². The second kappa shape index (κ2) is 8.26. The fourth-order valence-electron chi connectivity index (χ4n) is 3.10. The topological polar surface area (TPSA) is 82.8 Å². The van der Waals surface area contributed by atoms with Crippen LogP contribution in [0.5, 0.6) is 17.2 Å². The summed E-state index contributed by atoms with van der Waals surface area (Å²) < 4.78 is 16.2. The second-order valence-corrected chi connectivity index (χ2v) is 5.69. The van der Waals surface area contributed by atoms with Crippen molar-refractivity contribution in [3.05, 3.63) is 18.2 Å². The zero-order chi connectivity index (χ0) is 15.4. The van der Waals surface area contributed by atoms with E-state index in [1.54, 1.807) is 6.07 Å². The van der Waals surface area contributed by atoms with E-state index in [2.05, 4.69) is 5.32 Å². The highest BCUT2D eigenvalue weighted by molar-refractivity contribution is 5.85. The molecule has 1 aromatic rings. The van der Waals surface area contributed by atoms with Gasteiger partial charge in [0.1, 0.15) is 12.4 Å². The summed E-state index contributed by atoms with van der Waals surface area (Å²) in [5.74, 6) is 2.62. The molecule has 1 heterocycles. The lowest BCUT2D eigenvalue weighted by atomic mass is 9.95. The minimum Gasteiger partial charge on any atom is -0.492 e. The molecule has 2 atom stereocenters. The molecule has 0 aromatic heterocycles. The number of fused-ring (bicyclic) bond motifs is 1. The minimum absolute atomic E-state index is 0. The number of carbonyl (C=O) groups is 1. The monoisotopic (exact) mass is 342 g/mol. The summed E-state index contributed by atoms with van der Waals surface area (Å²) in [6.45, 7) is 1.75. The first-order valence-electron chi connectivity index (χ1n) is 7.78. The molecule has 0 bridgehead atoms.